The lowest BCUT2D eigenvalue weighted by atomic mass is 9.71. The summed E-state index contributed by atoms with van der Waals surface area (Å²) < 4.78 is 53.7. The van der Waals surface area contributed by atoms with Crippen molar-refractivity contribution in [3.8, 4) is 0 Å². The summed E-state index contributed by atoms with van der Waals surface area (Å²) in [4.78, 5) is 14.3. The van der Waals surface area contributed by atoms with E-state index in [-0.39, 0.29) is 35.6 Å². The first kappa shape index (κ1) is 24.7. The van der Waals surface area contributed by atoms with Crippen LogP contribution in [0.25, 0.3) is 0 Å². The zero-order chi connectivity index (χ0) is 24.3. The van der Waals surface area contributed by atoms with Gasteiger partial charge in [0.1, 0.15) is 5.82 Å². The van der Waals surface area contributed by atoms with Crippen molar-refractivity contribution in [1.82, 2.24) is 10.2 Å². The van der Waals surface area contributed by atoms with Gasteiger partial charge in [-0.25, -0.2) is 13.2 Å². The second kappa shape index (κ2) is 10.5. The Bertz CT molecular complexity index is 1020. The molecule has 184 valence electrons. The molecule has 0 saturated carbocycles. The number of carbonyl (C=O) groups is 1. The molecule has 1 amide bonds. The van der Waals surface area contributed by atoms with Crippen LogP contribution in [-0.2, 0) is 26.2 Å². The number of rotatable bonds is 8. The van der Waals surface area contributed by atoms with Gasteiger partial charge in [-0.2, -0.15) is 0 Å². The fraction of sp³-hybridized carbons (Fsp3) is 0.500. The van der Waals surface area contributed by atoms with Crippen molar-refractivity contribution in [1.29, 1.82) is 0 Å². The standard InChI is InChI=1S/C26H31F3N2O3/c1-3-22(32)30-24-17-6-4-5-7-19(17)26(25(24)34-15-14-33-2)10-12-31(13-11-26)16-18-20(27)8-9-21(28)23(18)29/h4-9,24-25H,3,10-16H2,1-2H3,(H,30,32)/t24-,25+/m1/s1. The highest BCUT2D eigenvalue weighted by Crippen LogP contribution is 2.52. The largest absolute Gasteiger partial charge is 0.382 e. The Kier molecular flexibility index (Phi) is 7.60. The summed E-state index contributed by atoms with van der Waals surface area (Å²) in [6, 6.07) is 9.54. The van der Waals surface area contributed by atoms with Crippen molar-refractivity contribution < 1.29 is 27.4 Å². The van der Waals surface area contributed by atoms with Crippen LogP contribution in [-0.4, -0.2) is 50.3 Å². The van der Waals surface area contributed by atoms with Crippen molar-refractivity contribution in [3.05, 3.63) is 70.5 Å². The van der Waals surface area contributed by atoms with Crippen LogP contribution in [0, 0.1) is 17.5 Å². The van der Waals surface area contributed by atoms with E-state index in [0.717, 1.165) is 23.3 Å². The SMILES string of the molecule is CCC(=O)N[C@@H]1c2ccccc2C2(CCN(Cc3c(F)ccc(F)c3F)CC2)[C@H]1OCCOC. The smallest absolute Gasteiger partial charge is 0.220 e. The molecule has 1 spiro atoms. The first-order chi connectivity index (χ1) is 16.4. The van der Waals surface area contributed by atoms with E-state index in [4.69, 9.17) is 9.47 Å². The zero-order valence-electron chi connectivity index (χ0n) is 19.6. The normalized spacial score (nSPS) is 21.6. The van der Waals surface area contributed by atoms with Gasteiger partial charge in [0.2, 0.25) is 5.91 Å². The maximum Gasteiger partial charge on any atom is 0.220 e. The number of nitrogens with zero attached hydrogens (tertiary/aromatic N) is 1. The van der Waals surface area contributed by atoms with Crippen LogP contribution in [0.15, 0.2) is 36.4 Å². The summed E-state index contributed by atoms with van der Waals surface area (Å²) >= 11 is 0. The third-order valence-electron chi connectivity index (χ3n) is 7.17. The number of likely N-dealkylation sites (tertiary alicyclic amines) is 1. The van der Waals surface area contributed by atoms with Gasteiger partial charge in [0.05, 0.1) is 25.4 Å². The molecule has 0 bridgehead atoms. The predicted octanol–water partition coefficient (Wildman–Crippen LogP) is 4.25. The molecule has 2 atom stereocenters. The van der Waals surface area contributed by atoms with Crippen LogP contribution in [0.5, 0.6) is 0 Å². The molecule has 0 aromatic heterocycles. The molecular weight excluding hydrogens is 445 g/mol. The molecule has 1 saturated heterocycles. The highest BCUT2D eigenvalue weighted by atomic mass is 19.2. The number of hydrogen-bond donors (Lipinski definition) is 1. The lowest BCUT2D eigenvalue weighted by molar-refractivity contribution is -0.124. The maximum absolute atomic E-state index is 14.2. The molecule has 1 fully saturated rings. The van der Waals surface area contributed by atoms with Crippen LogP contribution in [0.4, 0.5) is 13.2 Å². The monoisotopic (exact) mass is 476 g/mol. The first-order valence-corrected chi connectivity index (χ1v) is 11.7. The average Bonchev–Trinajstić information content (AvgIpc) is 3.09. The maximum atomic E-state index is 14.2. The van der Waals surface area contributed by atoms with E-state index in [2.05, 4.69) is 11.4 Å². The third-order valence-corrected chi connectivity index (χ3v) is 7.17. The molecule has 8 heteroatoms. The Morgan fingerprint density at radius 2 is 1.79 bits per heavy atom. The van der Waals surface area contributed by atoms with Crippen molar-refractivity contribution in [3.63, 3.8) is 0 Å². The van der Waals surface area contributed by atoms with E-state index in [1.54, 1.807) is 7.11 Å². The topological polar surface area (TPSA) is 50.8 Å². The van der Waals surface area contributed by atoms with Crippen molar-refractivity contribution >= 4 is 5.91 Å². The predicted molar refractivity (Wildman–Crippen MR) is 122 cm³/mol. The van der Waals surface area contributed by atoms with Crippen molar-refractivity contribution in [2.24, 2.45) is 0 Å². The van der Waals surface area contributed by atoms with Crippen molar-refractivity contribution in [2.45, 2.75) is 50.3 Å². The molecule has 1 aliphatic heterocycles. The zero-order valence-corrected chi connectivity index (χ0v) is 19.6. The fourth-order valence-electron chi connectivity index (χ4n) is 5.40. The molecule has 1 aliphatic carbocycles. The Balaban J connectivity index is 1.60. The number of hydrogen-bond acceptors (Lipinski definition) is 4. The Morgan fingerprint density at radius 3 is 2.50 bits per heavy atom. The van der Waals surface area contributed by atoms with E-state index in [0.29, 0.717) is 45.6 Å². The summed E-state index contributed by atoms with van der Waals surface area (Å²) in [5.41, 5.74) is 1.58. The number of halogens is 3. The molecule has 4 rings (SSSR count). The summed E-state index contributed by atoms with van der Waals surface area (Å²) in [6.07, 6.45) is 1.44. The van der Waals surface area contributed by atoms with Crippen LogP contribution in [0.3, 0.4) is 0 Å². The highest BCUT2D eigenvalue weighted by molar-refractivity contribution is 5.76. The second-order valence-corrected chi connectivity index (χ2v) is 9.02. The van der Waals surface area contributed by atoms with E-state index >= 15 is 0 Å². The molecule has 2 aromatic rings. The molecule has 1 heterocycles. The number of benzene rings is 2. The summed E-state index contributed by atoms with van der Waals surface area (Å²) in [5, 5.41) is 3.15. The van der Waals surface area contributed by atoms with Gasteiger partial charge in [-0.05, 0) is 49.2 Å². The van der Waals surface area contributed by atoms with Crippen LogP contribution >= 0.6 is 0 Å². The minimum absolute atomic E-state index is 0.00164. The minimum atomic E-state index is -1.13. The lowest BCUT2D eigenvalue weighted by Gasteiger charge is -2.44. The fourth-order valence-corrected chi connectivity index (χ4v) is 5.40. The van der Waals surface area contributed by atoms with Gasteiger partial charge in [-0.15, -0.1) is 0 Å². The third kappa shape index (κ3) is 4.59. The molecule has 34 heavy (non-hydrogen) atoms. The van der Waals surface area contributed by atoms with E-state index in [1.165, 1.54) is 0 Å². The Hall–Kier alpha value is -2.42. The molecule has 2 aliphatic rings. The van der Waals surface area contributed by atoms with Gasteiger partial charge in [0.25, 0.3) is 0 Å². The summed E-state index contributed by atoms with van der Waals surface area (Å²) in [5.74, 6) is -2.97. The van der Waals surface area contributed by atoms with Gasteiger partial charge in [0.15, 0.2) is 11.6 Å². The average molecular weight is 477 g/mol. The molecule has 2 aromatic carbocycles. The number of fused-ring (bicyclic) bond motifs is 2. The number of nitrogens with one attached hydrogen (secondary N) is 1. The number of piperidine rings is 1. The minimum Gasteiger partial charge on any atom is -0.382 e. The van der Waals surface area contributed by atoms with Gasteiger partial charge in [-0.3, -0.25) is 9.69 Å². The second-order valence-electron chi connectivity index (χ2n) is 9.02. The van der Waals surface area contributed by atoms with E-state index in [1.807, 2.05) is 30.0 Å². The summed E-state index contributed by atoms with van der Waals surface area (Å²) in [7, 11) is 1.61. The molecule has 0 radical (unpaired) electrons. The molecular formula is C26H31F3N2O3. The number of amides is 1. The van der Waals surface area contributed by atoms with E-state index in [9.17, 15) is 18.0 Å². The molecule has 5 nitrogen and oxygen atoms in total. The van der Waals surface area contributed by atoms with Crippen molar-refractivity contribution in [2.75, 3.05) is 33.4 Å². The first-order valence-electron chi connectivity index (χ1n) is 11.7. The quantitative estimate of drug-likeness (QED) is 0.457. The Labute approximate surface area is 198 Å². The highest BCUT2D eigenvalue weighted by Gasteiger charge is 2.54. The number of methoxy groups -OCH3 is 1. The summed E-state index contributed by atoms with van der Waals surface area (Å²) in [6.45, 7) is 3.75. The Morgan fingerprint density at radius 1 is 1.09 bits per heavy atom. The molecule has 1 N–H and O–H groups in total. The number of ether oxygens (including phenoxy) is 2. The van der Waals surface area contributed by atoms with Gasteiger partial charge < -0.3 is 14.8 Å². The van der Waals surface area contributed by atoms with E-state index < -0.39 is 17.5 Å². The van der Waals surface area contributed by atoms with Gasteiger partial charge in [-0.1, -0.05) is 31.2 Å². The lowest BCUT2D eigenvalue weighted by Crippen LogP contribution is -2.51. The number of carbonyl (C=O) groups excluding carboxylic acids is 1. The molecule has 0 unspecified atom stereocenters. The van der Waals surface area contributed by atoms with Crippen LogP contribution in [0.2, 0.25) is 0 Å². The van der Waals surface area contributed by atoms with Crippen LogP contribution < -0.4 is 5.32 Å². The van der Waals surface area contributed by atoms with Crippen LogP contribution in [0.1, 0.15) is 48.9 Å². The van der Waals surface area contributed by atoms with Gasteiger partial charge >= 0.3 is 0 Å². The van der Waals surface area contributed by atoms with Gasteiger partial charge in [0, 0.05) is 31.1 Å².